The quantitative estimate of drug-likeness (QED) is 0.595. The van der Waals surface area contributed by atoms with Gasteiger partial charge < -0.3 is 10.5 Å². The number of benzene rings is 1. The van der Waals surface area contributed by atoms with E-state index >= 15 is 0 Å². The molecule has 0 unspecified atom stereocenters. The summed E-state index contributed by atoms with van der Waals surface area (Å²) in [7, 11) is -2.00. The van der Waals surface area contributed by atoms with Crippen molar-refractivity contribution >= 4 is 31.6 Å². The van der Waals surface area contributed by atoms with E-state index in [1.54, 1.807) is 19.2 Å². The van der Waals surface area contributed by atoms with Crippen molar-refractivity contribution in [3.63, 3.8) is 0 Å². The Morgan fingerprint density at radius 2 is 2.15 bits per heavy atom. The van der Waals surface area contributed by atoms with Crippen molar-refractivity contribution in [1.29, 1.82) is 0 Å². The zero-order valence-electron chi connectivity index (χ0n) is 11.4. The monoisotopic (exact) mass is 362 g/mol. The van der Waals surface area contributed by atoms with E-state index in [4.69, 9.17) is 10.5 Å². The Morgan fingerprint density at radius 1 is 1.45 bits per heavy atom. The second kappa shape index (κ2) is 6.43. The van der Waals surface area contributed by atoms with Crippen LogP contribution in [0.2, 0.25) is 0 Å². The minimum absolute atomic E-state index is 0.183. The third kappa shape index (κ3) is 3.94. The lowest BCUT2D eigenvalue weighted by Crippen LogP contribution is -2.30. The molecule has 112 valence electrons. The number of hydrogen-bond donors (Lipinski definition) is 1. The zero-order chi connectivity index (χ0) is 14.8. The summed E-state index contributed by atoms with van der Waals surface area (Å²) < 4.78 is 32.1. The predicted molar refractivity (Wildman–Crippen MR) is 81.9 cm³/mol. The minimum Gasteiger partial charge on any atom is -0.399 e. The van der Waals surface area contributed by atoms with Crippen LogP contribution in [0.1, 0.15) is 12.8 Å². The summed E-state index contributed by atoms with van der Waals surface area (Å²) in [5.74, 6) is 0.681. The first-order valence-electron chi connectivity index (χ1n) is 6.50. The number of rotatable bonds is 7. The maximum atomic E-state index is 12.4. The fourth-order valence-corrected chi connectivity index (χ4v) is 3.84. The molecule has 1 saturated carbocycles. The van der Waals surface area contributed by atoms with Gasteiger partial charge in [0.1, 0.15) is 0 Å². The van der Waals surface area contributed by atoms with E-state index in [0.717, 1.165) is 6.61 Å². The Labute approximate surface area is 128 Å². The van der Waals surface area contributed by atoms with Gasteiger partial charge in [-0.15, -0.1) is 0 Å². The first-order valence-corrected chi connectivity index (χ1v) is 8.73. The number of halogens is 1. The first-order chi connectivity index (χ1) is 9.41. The highest BCUT2D eigenvalue weighted by molar-refractivity contribution is 9.10. The van der Waals surface area contributed by atoms with Gasteiger partial charge in [0.15, 0.2) is 0 Å². The molecule has 0 atom stereocenters. The molecule has 0 aliphatic heterocycles. The number of anilines is 1. The van der Waals surface area contributed by atoms with Crippen molar-refractivity contribution in [2.75, 3.05) is 32.5 Å². The molecule has 2 rings (SSSR count). The van der Waals surface area contributed by atoms with E-state index < -0.39 is 10.0 Å². The molecule has 1 aromatic carbocycles. The molecule has 0 radical (unpaired) electrons. The molecule has 0 spiro atoms. The van der Waals surface area contributed by atoms with Crippen molar-refractivity contribution in [1.82, 2.24) is 4.31 Å². The number of likely N-dealkylation sites (N-methyl/N-ethyl adjacent to an activating group) is 1. The second-order valence-electron chi connectivity index (χ2n) is 5.03. The Hall–Kier alpha value is -0.630. The molecular weight excluding hydrogens is 344 g/mol. The molecule has 20 heavy (non-hydrogen) atoms. The summed E-state index contributed by atoms with van der Waals surface area (Å²) >= 11 is 3.25. The molecule has 2 N–H and O–H groups in total. The number of ether oxygens (including phenoxy) is 1. The molecule has 0 saturated heterocycles. The van der Waals surface area contributed by atoms with Gasteiger partial charge in [0, 0.05) is 30.4 Å². The van der Waals surface area contributed by atoms with Gasteiger partial charge in [-0.05, 0) is 52.9 Å². The number of sulfonamides is 1. The lowest BCUT2D eigenvalue weighted by Gasteiger charge is -2.18. The van der Waals surface area contributed by atoms with Crippen molar-refractivity contribution in [3.05, 3.63) is 22.7 Å². The molecule has 7 heteroatoms. The van der Waals surface area contributed by atoms with Crippen LogP contribution in [0.25, 0.3) is 0 Å². The van der Waals surface area contributed by atoms with Crippen LogP contribution in [0.5, 0.6) is 0 Å². The topological polar surface area (TPSA) is 72.6 Å². The Bertz CT molecular complexity index is 573. The van der Waals surface area contributed by atoms with Gasteiger partial charge >= 0.3 is 0 Å². The molecule has 0 bridgehead atoms. The Kier molecular flexibility index (Phi) is 5.06. The van der Waals surface area contributed by atoms with Crippen LogP contribution in [0, 0.1) is 5.92 Å². The van der Waals surface area contributed by atoms with Gasteiger partial charge in [0.2, 0.25) is 10.0 Å². The number of nitrogen functional groups attached to an aromatic ring is 1. The SMILES string of the molecule is CN(CCOCC1CC1)S(=O)(=O)c1cc(N)ccc1Br. The normalized spacial score (nSPS) is 15.8. The van der Waals surface area contributed by atoms with Crippen molar-refractivity contribution in [3.8, 4) is 0 Å². The van der Waals surface area contributed by atoms with Crippen LogP contribution < -0.4 is 5.73 Å². The van der Waals surface area contributed by atoms with Crippen LogP contribution in [0.4, 0.5) is 5.69 Å². The molecule has 5 nitrogen and oxygen atoms in total. The Morgan fingerprint density at radius 3 is 2.80 bits per heavy atom. The maximum Gasteiger partial charge on any atom is 0.244 e. The predicted octanol–water partition coefficient (Wildman–Crippen LogP) is 2.08. The minimum atomic E-state index is -3.55. The third-order valence-electron chi connectivity index (χ3n) is 3.24. The van der Waals surface area contributed by atoms with Gasteiger partial charge in [0.05, 0.1) is 11.5 Å². The summed E-state index contributed by atoms with van der Waals surface area (Å²) in [6.07, 6.45) is 2.45. The average molecular weight is 363 g/mol. The van der Waals surface area contributed by atoms with Crippen LogP contribution in [-0.4, -0.2) is 39.5 Å². The van der Waals surface area contributed by atoms with Crippen molar-refractivity contribution in [2.45, 2.75) is 17.7 Å². The van der Waals surface area contributed by atoms with Crippen LogP contribution in [-0.2, 0) is 14.8 Å². The van der Waals surface area contributed by atoms with Gasteiger partial charge in [-0.1, -0.05) is 0 Å². The number of hydrogen-bond acceptors (Lipinski definition) is 4. The fraction of sp³-hybridized carbons (Fsp3) is 0.538. The molecule has 1 aliphatic rings. The largest absolute Gasteiger partial charge is 0.399 e. The summed E-state index contributed by atoms with van der Waals surface area (Å²) in [5.41, 5.74) is 6.08. The van der Waals surface area contributed by atoms with Gasteiger partial charge in [-0.3, -0.25) is 0 Å². The van der Waals surface area contributed by atoms with E-state index in [9.17, 15) is 8.42 Å². The van der Waals surface area contributed by atoms with E-state index in [-0.39, 0.29) is 4.90 Å². The lowest BCUT2D eigenvalue weighted by molar-refractivity contribution is 0.117. The standard InChI is InChI=1S/C13H19BrN2O3S/c1-16(6-7-19-9-10-2-3-10)20(17,18)13-8-11(15)4-5-12(13)14/h4-5,8,10H,2-3,6-7,9,15H2,1H3. The van der Waals surface area contributed by atoms with Gasteiger partial charge in [-0.25, -0.2) is 8.42 Å². The van der Waals surface area contributed by atoms with E-state index in [1.807, 2.05) is 0 Å². The molecule has 0 amide bonds. The molecule has 0 heterocycles. The van der Waals surface area contributed by atoms with Gasteiger partial charge in [0.25, 0.3) is 0 Å². The highest BCUT2D eigenvalue weighted by atomic mass is 79.9. The molecule has 0 aromatic heterocycles. The lowest BCUT2D eigenvalue weighted by atomic mass is 10.3. The highest BCUT2D eigenvalue weighted by Gasteiger charge is 2.24. The Balaban J connectivity index is 1.98. The first kappa shape index (κ1) is 15.8. The van der Waals surface area contributed by atoms with Crippen LogP contribution in [0.3, 0.4) is 0 Å². The van der Waals surface area contributed by atoms with Crippen molar-refractivity contribution in [2.24, 2.45) is 5.92 Å². The second-order valence-corrected chi connectivity index (χ2v) is 7.90. The average Bonchev–Trinajstić information content (AvgIpc) is 3.21. The van der Waals surface area contributed by atoms with Crippen LogP contribution in [0.15, 0.2) is 27.6 Å². The number of nitrogens with two attached hydrogens (primary N) is 1. The summed E-state index contributed by atoms with van der Waals surface area (Å²) in [4.78, 5) is 0.183. The van der Waals surface area contributed by atoms with E-state index in [2.05, 4.69) is 15.9 Å². The molecular formula is C13H19BrN2O3S. The van der Waals surface area contributed by atoms with E-state index in [0.29, 0.717) is 29.2 Å². The fourth-order valence-electron chi connectivity index (χ4n) is 1.73. The highest BCUT2D eigenvalue weighted by Crippen LogP contribution is 2.29. The third-order valence-corrected chi connectivity index (χ3v) is 6.10. The smallest absolute Gasteiger partial charge is 0.244 e. The summed E-state index contributed by atoms with van der Waals surface area (Å²) in [6.45, 7) is 1.47. The van der Waals surface area contributed by atoms with E-state index in [1.165, 1.54) is 23.2 Å². The van der Waals surface area contributed by atoms with Crippen molar-refractivity contribution < 1.29 is 13.2 Å². The summed E-state index contributed by atoms with van der Waals surface area (Å²) in [6, 6.07) is 4.75. The van der Waals surface area contributed by atoms with Gasteiger partial charge in [-0.2, -0.15) is 4.31 Å². The van der Waals surface area contributed by atoms with Crippen LogP contribution >= 0.6 is 15.9 Å². The maximum absolute atomic E-state index is 12.4. The summed E-state index contributed by atoms with van der Waals surface area (Å²) in [5, 5.41) is 0. The zero-order valence-corrected chi connectivity index (χ0v) is 13.8. The number of nitrogens with zero attached hydrogens (tertiary/aromatic N) is 1. The molecule has 1 fully saturated rings. The molecule has 1 aliphatic carbocycles. The molecule has 1 aromatic rings.